The molecule has 2 aromatic heterocycles. The Kier molecular flexibility index (Phi) is 4.84. The Morgan fingerprint density at radius 2 is 1.86 bits per heavy atom. The standard InChI is InChI=1S/C19H23ClFN7/c1-11(2)28-15-9-12(16-13(20)10-23-18(22)24-16)8-14(21)17(15)25-19(28)27-6-4-26(3)5-7-27/h8-11H,4-7H2,1-3H3,(H2,22,23,24). The largest absolute Gasteiger partial charge is 0.368 e. The van der Waals surface area contributed by atoms with Gasteiger partial charge in [0.2, 0.25) is 11.9 Å². The number of hydrogen-bond donors (Lipinski definition) is 1. The zero-order valence-corrected chi connectivity index (χ0v) is 16.9. The molecule has 3 aromatic rings. The Labute approximate surface area is 167 Å². The number of nitrogen functional groups attached to an aromatic ring is 1. The number of rotatable bonds is 3. The Morgan fingerprint density at radius 3 is 2.54 bits per heavy atom. The monoisotopic (exact) mass is 403 g/mol. The van der Waals surface area contributed by atoms with Crippen molar-refractivity contribution in [2.24, 2.45) is 0 Å². The highest BCUT2D eigenvalue weighted by Gasteiger charge is 2.24. The van der Waals surface area contributed by atoms with Crippen LogP contribution in [0.15, 0.2) is 18.3 Å². The summed E-state index contributed by atoms with van der Waals surface area (Å²) in [5.74, 6) is 0.480. The maximum atomic E-state index is 15.0. The third-order valence-electron chi connectivity index (χ3n) is 5.07. The molecule has 1 fully saturated rings. The summed E-state index contributed by atoms with van der Waals surface area (Å²) in [5.41, 5.74) is 7.73. The maximum absolute atomic E-state index is 15.0. The Morgan fingerprint density at radius 1 is 1.14 bits per heavy atom. The number of imidazole rings is 1. The van der Waals surface area contributed by atoms with Crippen molar-refractivity contribution in [2.45, 2.75) is 19.9 Å². The lowest BCUT2D eigenvalue weighted by atomic mass is 10.1. The summed E-state index contributed by atoms with van der Waals surface area (Å²) in [7, 11) is 2.10. The smallest absolute Gasteiger partial charge is 0.220 e. The molecule has 7 nitrogen and oxygen atoms in total. The highest BCUT2D eigenvalue weighted by molar-refractivity contribution is 6.33. The molecule has 0 unspecified atom stereocenters. The molecule has 28 heavy (non-hydrogen) atoms. The lowest BCUT2D eigenvalue weighted by molar-refractivity contribution is 0.309. The third-order valence-corrected chi connectivity index (χ3v) is 5.35. The minimum atomic E-state index is -0.407. The fraction of sp³-hybridized carbons (Fsp3) is 0.421. The van der Waals surface area contributed by atoms with Gasteiger partial charge in [-0.2, -0.15) is 0 Å². The van der Waals surface area contributed by atoms with E-state index < -0.39 is 5.82 Å². The van der Waals surface area contributed by atoms with E-state index in [1.807, 2.05) is 6.07 Å². The molecule has 0 spiro atoms. The molecule has 1 aliphatic rings. The van der Waals surface area contributed by atoms with Crippen molar-refractivity contribution in [2.75, 3.05) is 43.9 Å². The Bertz CT molecular complexity index is 1020. The van der Waals surface area contributed by atoms with E-state index in [0.29, 0.717) is 27.3 Å². The number of piperazine rings is 1. The van der Waals surface area contributed by atoms with Crippen LogP contribution < -0.4 is 10.6 Å². The van der Waals surface area contributed by atoms with Gasteiger partial charge >= 0.3 is 0 Å². The number of halogens is 2. The van der Waals surface area contributed by atoms with Gasteiger partial charge in [-0.05, 0) is 33.0 Å². The number of nitrogens with zero attached hydrogens (tertiary/aromatic N) is 6. The van der Waals surface area contributed by atoms with Gasteiger partial charge in [0, 0.05) is 37.8 Å². The van der Waals surface area contributed by atoms with Gasteiger partial charge in [-0.25, -0.2) is 19.3 Å². The van der Waals surface area contributed by atoms with Gasteiger partial charge in [0.1, 0.15) is 5.52 Å². The first-order valence-electron chi connectivity index (χ1n) is 9.28. The Balaban J connectivity index is 1.89. The average Bonchev–Trinajstić information content (AvgIpc) is 3.04. The third kappa shape index (κ3) is 3.27. The minimum absolute atomic E-state index is 0.0930. The topological polar surface area (TPSA) is 76.1 Å². The fourth-order valence-electron chi connectivity index (χ4n) is 3.60. The molecule has 148 valence electrons. The van der Waals surface area contributed by atoms with E-state index in [1.165, 1.54) is 12.3 Å². The van der Waals surface area contributed by atoms with E-state index in [0.717, 1.165) is 32.1 Å². The van der Waals surface area contributed by atoms with Gasteiger partial charge in [-0.3, -0.25) is 0 Å². The van der Waals surface area contributed by atoms with Crippen molar-refractivity contribution in [3.8, 4) is 11.3 Å². The first kappa shape index (κ1) is 18.9. The molecule has 4 rings (SSSR count). The number of likely N-dealkylation sites (N-methyl/N-ethyl adjacent to an activating group) is 1. The van der Waals surface area contributed by atoms with Crippen LogP contribution in [0.4, 0.5) is 16.3 Å². The van der Waals surface area contributed by atoms with Gasteiger partial charge in [-0.15, -0.1) is 0 Å². The zero-order chi connectivity index (χ0) is 20.0. The van der Waals surface area contributed by atoms with E-state index in [-0.39, 0.29) is 12.0 Å². The van der Waals surface area contributed by atoms with Gasteiger partial charge in [0.25, 0.3) is 0 Å². The number of hydrogen-bond acceptors (Lipinski definition) is 6. The number of benzene rings is 1. The summed E-state index contributed by atoms with van der Waals surface area (Å²) in [6.07, 6.45) is 1.43. The molecule has 2 N–H and O–H groups in total. The SMILES string of the molecule is CC(C)n1c(N2CCN(C)CC2)nc2c(F)cc(-c3nc(N)ncc3Cl)cc21. The first-order valence-corrected chi connectivity index (χ1v) is 9.66. The van der Waals surface area contributed by atoms with Gasteiger partial charge < -0.3 is 20.1 Å². The van der Waals surface area contributed by atoms with Crippen molar-refractivity contribution in [3.63, 3.8) is 0 Å². The highest BCUT2D eigenvalue weighted by atomic mass is 35.5. The second-order valence-electron chi connectivity index (χ2n) is 7.42. The molecule has 1 saturated heterocycles. The molecule has 3 heterocycles. The van der Waals surface area contributed by atoms with Crippen molar-refractivity contribution in [1.82, 2.24) is 24.4 Å². The van der Waals surface area contributed by atoms with Crippen LogP contribution >= 0.6 is 11.6 Å². The predicted octanol–water partition coefficient (Wildman–Crippen LogP) is 3.20. The van der Waals surface area contributed by atoms with Crippen LogP contribution in [0.25, 0.3) is 22.3 Å². The van der Waals surface area contributed by atoms with Crippen LogP contribution in [0.2, 0.25) is 5.02 Å². The van der Waals surface area contributed by atoms with Gasteiger partial charge in [-0.1, -0.05) is 11.6 Å². The Hall–Kier alpha value is -2.45. The van der Waals surface area contributed by atoms with E-state index in [2.05, 4.69) is 50.2 Å². The van der Waals surface area contributed by atoms with Crippen molar-refractivity contribution >= 4 is 34.5 Å². The lowest BCUT2D eigenvalue weighted by Gasteiger charge is -2.34. The summed E-state index contributed by atoms with van der Waals surface area (Å²) < 4.78 is 17.1. The van der Waals surface area contributed by atoms with Crippen molar-refractivity contribution in [1.29, 1.82) is 0 Å². The summed E-state index contributed by atoms with van der Waals surface area (Å²) in [4.78, 5) is 17.2. The van der Waals surface area contributed by atoms with E-state index in [9.17, 15) is 0 Å². The maximum Gasteiger partial charge on any atom is 0.220 e. The quantitative estimate of drug-likeness (QED) is 0.723. The molecular formula is C19H23ClFN7. The van der Waals surface area contributed by atoms with Gasteiger partial charge in [0.05, 0.1) is 22.4 Å². The van der Waals surface area contributed by atoms with Crippen LogP contribution in [0.3, 0.4) is 0 Å². The molecule has 0 aliphatic carbocycles. The zero-order valence-electron chi connectivity index (χ0n) is 16.2. The molecule has 0 bridgehead atoms. The number of aromatic nitrogens is 4. The number of nitrogens with two attached hydrogens (primary N) is 1. The second kappa shape index (κ2) is 7.18. The summed E-state index contributed by atoms with van der Waals surface area (Å²) >= 11 is 6.24. The van der Waals surface area contributed by atoms with E-state index >= 15 is 4.39 Å². The van der Waals surface area contributed by atoms with Crippen LogP contribution in [0.1, 0.15) is 19.9 Å². The first-order chi connectivity index (χ1) is 13.3. The molecule has 0 atom stereocenters. The fourth-order valence-corrected chi connectivity index (χ4v) is 3.80. The molecule has 1 aliphatic heterocycles. The van der Waals surface area contributed by atoms with Crippen LogP contribution in [0.5, 0.6) is 0 Å². The minimum Gasteiger partial charge on any atom is -0.368 e. The van der Waals surface area contributed by atoms with Crippen molar-refractivity contribution in [3.05, 3.63) is 29.2 Å². The summed E-state index contributed by atoms with van der Waals surface area (Å²) in [6, 6.07) is 3.39. The van der Waals surface area contributed by atoms with E-state index in [4.69, 9.17) is 17.3 Å². The second-order valence-corrected chi connectivity index (χ2v) is 7.82. The van der Waals surface area contributed by atoms with Gasteiger partial charge in [0.15, 0.2) is 5.82 Å². The number of fused-ring (bicyclic) bond motifs is 1. The van der Waals surface area contributed by atoms with Crippen LogP contribution in [-0.2, 0) is 0 Å². The molecular weight excluding hydrogens is 381 g/mol. The molecule has 0 saturated carbocycles. The number of anilines is 2. The molecule has 9 heteroatoms. The summed E-state index contributed by atoms with van der Waals surface area (Å²) in [5, 5.41) is 0.322. The van der Waals surface area contributed by atoms with E-state index in [1.54, 1.807) is 0 Å². The predicted molar refractivity (Wildman–Crippen MR) is 110 cm³/mol. The average molecular weight is 404 g/mol. The molecule has 1 aromatic carbocycles. The summed E-state index contributed by atoms with van der Waals surface area (Å²) in [6.45, 7) is 7.75. The highest BCUT2D eigenvalue weighted by Crippen LogP contribution is 2.34. The van der Waals surface area contributed by atoms with Crippen LogP contribution in [0, 0.1) is 5.82 Å². The lowest BCUT2D eigenvalue weighted by Crippen LogP contribution is -2.45. The normalized spacial score (nSPS) is 15.7. The molecule has 0 radical (unpaired) electrons. The molecule has 0 amide bonds. The van der Waals surface area contributed by atoms with Crippen molar-refractivity contribution < 1.29 is 4.39 Å². The van der Waals surface area contributed by atoms with Crippen LogP contribution in [-0.4, -0.2) is 57.6 Å².